The van der Waals surface area contributed by atoms with Gasteiger partial charge < -0.3 is 9.11 Å². The summed E-state index contributed by atoms with van der Waals surface area (Å²) < 4.78 is 34.1. The Bertz CT molecular complexity index is 91.7. The second kappa shape index (κ2) is 7.41. The van der Waals surface area contributed by atoms with Crippen molar-refractivity contribution in [3.63, 3.8) is 0 Å². The molecule has 0 aromatic rings. The van der Waals surface area contributed by atoms with Gasteiger partial charge in [-0.15, -0.1) is 0 Å². The van der Waals surface area contributed by atoms with Crippen LogP contribution in [0.25, 0.3) is 0 Å². The van der Waals surface area contributed by atoms with Crippen molar-refractivity contribution in [1.82, 2.24) is 0 Å². The monoisotopic (exact) mass is 194 g/mol. The predicted octanol–water partition coefficient (Wildman–Crippen LogP) is -1.32. The zero-order chi connectivity index (χ0) is 6.50. The van der Waals surface area contributed by atoms with Crippen molar-refractivity contribution in [2.75, 3.05) is 0 Å². The molecule has 0 amide bonds. The first-order chi connectivity index (χ1) is 3.00. The van der Waals surface area contributed by atoms with Crippen molar-refractivity contribution >= 4 is 10.4 Å². The van der Waals surface area contributed by atoms with Crippen molar-refractivity contribution in [3.05, 3.63) is 0 Å². The van der Waals surface area contributed by atoms with Crippen LogP contribution < -0.4 is 0 Å². The van der Waals surface area contributed by atoms with E-state index in [1.807, 2.05) is 0 Å². The maximum absolute atomic E-state index is 8.52. The molecular weight excluding hydrogens is 193 g/mol. The average molecular weight is 195 g/mol. The molecule has 8 heteroatoms. The Morgan fingerprint density at radius 2 is 1.12 bits per heavy atom. The van der Waals surface area contributed by atoms with Crippen LogP contribution in [0.1, 0.15) is 0 Å². The van der Waals surface area contributed by atoms with E-state index in [1.165, 1.54) is 0 Å². The molecule has 8 heavy (non-hydrogen) atoms. The summed E-state index contributed by atoms with van der Waals surface area (Å²) in [4.78, 5) is 0. The van der Waals surface area contributed by atoms with Gasteiger partial charge in [0.2, 0.25) is 0 Å². The van der Waals surface area contributed by atoms with Crippen LogP contribution in [0.4, 0.5) is 0 Å². The van der Waals surface area contributed by atoms with Gasteiger partial charge in [0, 0.05) is 10.4 Å². The topological polar surface area (TPSA) is 121 Å². The third kappa shape index (κ3) is 1100. The summed E-state index contributed by atoms with van der Waals surface area (Å²) in [7, 11) is -5.17. The van der Waals surface area contributed by atoms with Crippen LogP contribution in [0.15, 0.2) is 0 Å². The number of rotatable bonds is 0. The predicted molar refractivity (Wildman–Crippen MR) is 15.7 cm³/mol. The molecule has 0 radical (unpaired) electrons. The molecule has 0 aromatic heterocycles. The van der Waals surface area contributed by atoms with E-state index in [9.17, 15) is 0 Å². The average Bonchev–Trinajstić information content (AvgIpc) is 1.36. The molecule has 0 unspecified atom stereocenters. The van der Waals surface area contributed by atoms with Gasteiger partial charge in [-0.1, -0.05) is 0 Å². The molecule has 0 bridgehead atoms. The molecule has 0 saturated carbocycles. The quantitative estimate of drug-likeness (QED) is 0.163. The smallest absolute Gasteiger partial charge is 0.759 e. The van der Waals surface area contributed by atoms with Gasteiger partial charge in [0.05, 0.1) is 0 Å². The van der Waals surface area contributed by atoms with Crippen LogP contribution in [0.5, 0.6) is 0 Å². The maximum Gasteiger partial charge on any atom is 2.00 e. The normalized spacial score (nSPS) is 8.00. The Labute approximate surface area is 58.4 Å². The first-order valence-electron chi connectivity index (χ1n) is 0.867. The van der Waals surface area contributed by atoms with Crippen molar-refractivity contribution < 1.29 is 47.5 Å². The summed E-state index contributed by atoms with van der Waals surface area (Å²) in [6, 6.07) is 0. The molecule has 46 valence electrons. The van der Waals surface area contributed by atoms with E-state index in [2.05, 4.69) is 0 Å². The van der Waals surface area contributed by atoms with Gasteiger partial charge in [-0.2, -0.15) is 0 Å². The van der Waals surface area contributed by atoms with Crippen molar-refractivity contribution in [1.29, 1.82) is 0 Å². The fourth-order valence-corrected chi connectivity index (χ4v) is 0. The minimum atomic E-state index is -5.17. The Kier molecular flexibility index (Phi) is 14.6. The molecule has 0 atom stereocenters. The summed E-state index contributed by atoms with van der Waals surface area (Å²) in [6.45, 7) is 0. The van der Waals surface area contributed by atoms with Gasteiger partial charge in [0.25, 0.3) is 0 Å². The summed E-state index contributed by atoms with van der Waals surface area (Å²) in [5.74, 6) is 0. The molecule has 2 N–H and O–H groups in total. The summed E-state index contributed by atoms with van der Waals surface area (Å²) in [5, 5.41) is 12.0. The maximum atomic E-state index is 8.52. The fourth-order valence-electron chi connectivity index (χ4n) is 0. The van der Waals surface area contributed by atoms with Crippen molar-refractivity contribution in [2.24, 2.45) is 0 Å². The molecule has 0 aliphatic carbocycles. The second-order valence-corrected chi connectivity index (χ2v) is 1.22. The Morgan fingerprint density at radius 3 is 1.12 bits per heavy atom. The fraction of sp³-hybridized carbons (Fsp3) is 0. The van der Waals surface area contributed by atoms with E-state index in [0.29, 0.717) is 0 Å². The molecule has 0 aromatic carbocycles. The van der Waals surface area contributed by atoms with Crippen molar-refractivity contribution in [3.8, 4) is 0 Å². The van der Waals surface area contributed by atoms with E-state index in [4.69, 9.17) is 28.0 Å². The van der Waals surface area contributed by atoms with Gasteiger partial charge in [-0.05, 0) is 0 Å². The van der Waals surface area contributed by atoms with Gasteiger partial charge in [0.15, 0.2) is 0 Å². The summed E-state index contributed by atoms with van der Waals surface area (Å²) in [5.41, 5.74) is 0. The Hall–Kier alpha value is 0.413. The van der Waals surface area contributed by atoms with Gasteiger partial charge >= 0.3 is 19.5 Å². The van der Waals surface area contributed by atoms with Crippen LogP contribution in [0.2, 0.25) is 0 Å². The largest absolute Gasteiger partial charge is 2.00 e. The second-order valence-electron chi connectivity index (χ2n) is 0.408. The van der Waals surface area contributed by atoms with Crippen LogP contribution in [0.3, 0.4) is 0 Å². The number of hydrogen-bond donors (Lipinski definition) is 2. The minimum absolute atomic E-state index is 0. The zero-order valence-corrected chi connectivity index (χ0v) is 7.43. The van der Waals surface area contributed by atoms with Crippen LogP contribution in [-0.2, 0) is 29.9 Å². The Morgan fingerprint density at radius 1 is 1.12 bits per heavy atom. The SMILES string of the molecule is O=S(=O)([O-])[O-].OO.[Zn+2]. The van der Waals surface area contributed by atoms with E-state index in [1.54, 1.807) is 0 Å². The van der Waals surface area contributed by atoms with Gasteiger partial charge in [0.1, 0.15) is 0 Å². The van der Waals surface area contributed by atoms with Gasteiger partial charge in [-0.3, -0.25) is 18.9 Å². The molecule has 0 heterocycles. The first-order valence-corrected chi connectivity index (χ1v) is 2.20. The van der Waals surface area contributed by atoms with E-state index in [-0.39, 0.29) is 19.5 Å². The molecule has 0 fully saturated rings. The molecular formula is H2O6SZn. The van der Waals surface area contributed by atoms with Crippen LogP contribution >= 0.6 is 0 Å². The molecule has 0 aliphatic heterocycles. The van der Waals surface area contributed by atoms with Crippen LogP contribution in [-0.4, -0.2) is 28.0 Å². The molecule has 0 spiro atoms. The Balaban J connectivity index is -0.0000000750. The first kappa shape index (κ1) is 15.8. The van der Waals surface area contributed by atoms with Crippen LogP contribution in [0, 0.1) is 0 Å². The third-order valence-corrected chi connectivity index (χ3v) is 0. The molecule has 0 saturated heterocycles. The molecule has 0 aliphatic rings. The van der Waals surface area contributed by atoms with Gasteiger partial charge in [-0.25, -0.2) is 0 Å². The standard InChI is InChI=1S/H2O4S.H2O2.Zn/c1-5(2,3)4;1-2;/h(H2,1,2,3,4);1-2H;/q;;+2/p-2. The van der Waals surface area contributed by atoms with E-state index in [0.717, 1.165) is 0 Å². The number of hydrogen-bond acceptors (Lipinski definition) is 6. The summed E-state index contributed by atoms with van der Waals surface area (Å²) in [6.07, 6.45) is 0. The molecule has 0 rings (SSSR count). The van der Waals surface area contributed by atoms with E-state index < -0.39 is 10.4 Å². The third-order valence-electron chi connectivity index (χ3n) is 0. The van der Waals surface area contributed by atoms with E-state index >= 15 is 0 Å². The zero-order valence-electron chi connectivity index (χ0n) is 3.64. The minimum Gasteiger partial charge on any atom is -0.759 e. The summed E-state index contributed by atoms with van der Waals surface area (Å²) >= 11 is 0. The van der Waals surface area contributed by atoms with Crippen molar-refractivity contribution in [2.45, 2.75) is 0 Å². The molecule has 6 nitrogen and oxygen atoms in total.